The van der Waals surface area contributed by atoms with Crippen molar-refractivity contribution in [2.45, 2.75) is 24.7 Å². The molecule has 3 rings (SSSR count). The van der Waals surface area contributed by atoms with Crippen molar-refractivity contribution in [1.29, 1.82) is 0 Å². The van der Waals surface area contributed by atoms with Crippen molar-refractivity contribution in [1.82, 2.24) is 0 Å². The number of benzene rings is 3. The van der Waals surface area contributed by atoms with Gasteiger partial charge in [0.1, 0.15) is 0 Å². The molecule has 0 aliphatic rings. The quantitative estimate of drug-likeness (QED) is 0.473. The average molecular weight is 403 g/mol. The fourth-order valence-corrected chi connectivity index (χ4v) is 13.0. The number of aliphatic hydroxyl groups is 1. The van der Waals surface area contributed by atoms with Crippen LogP contribution in [0.2, 0.25) is 5.25 Å². The maximum atomic E-state index is 9.60. The molecule has 26 heavy (non-hydrogen) atoms. The van der Waals surface area contributed by atoms with Gasteiger partial charge in [0.2, 0.25) is 0 Å². The molecule has 0 aromatic heterocycles. The Kier molecular flexibility index (Phi) is 6.48. The molecule has 1 nitrogen and oxygen atoms in total. The van der Waals surface area contributed by atoms with Gasteiger partial charge in [-0.15, -0.1) is 0 Å². The molecule has 0 aliphatic heterocycles. The number of allylic oxidation sites excluding steroid dienone is 1. The fourth-order valence-electron chi connectivity index (χ4n) is 3.57. The van der Waals surface area contributed by atoms with Crippen molar-refractivity contribution in [3.05, 3.63) is 103 Å². The first kappa shape index (κ1) is 18.7. The Morgan fingerprint density at radius 3 is 1.42 bits per heavy atom. The van der Waals surface area contributed by atoms with E-state index in [0.717, 1.165) is 5.25 Å². The molecule has 3 aromatic rings. The molecule has 1 atom stereocenters. The minimum atomic E-state index is -2.83. The zero-order valence-electron chi connectivity index (χ0n) is 15.3. The van der Waals surface area contributed by atoms with Gasteiger partial charge in [0.25, 0.3) is 0 Å². The topological polar surface area (TPSA) is 20.2 Å². The number of aliphatic hydroxyl groups excluding tert-OH is 1. The fraction of sp³-hybridized carbons (Fsp3) is 0.167. The van der Waals surface area contributed by atoms with Crippen molar-refractivity contribution in [3.63, 3.8) is 0 Å². The van der Waals surface area contributed by atoms with Crippen LogP contribution >= 0.6 is 0 Å². The van der Waals surface area contributed by atoms with E-state index in [1.165, 1.54) is 13.2 Å². The van der Waals surface area contributed by atoms with Gasteiger partial charge in [-0.2, -0.15) is 0 Å². The number of hydrogen-bond donors (Lipinski definition) is 1. The predicted molar refractivity (Wildman–Crippen MR) is 114 cm³/mol. The Bertz CT molecular complexity index is 714. The third kappa shape index (κ3) is 4.17. The van der Waals surface area contributed by atoms with Crippen LogP contribution in [0.4, 0.5) is 0 Å². The van der Waals surface area contributed by atoms with Gasteiger partial charge in [0.15, 0.2) is 0 Å². The van der Waals surface area contributed by atoms with E-state index in [4.69, 9.17) is 0 Å². The molecule has 3 aromatic carbocycles. The molecule has 0 unspecified atom stereocenters. The van der Waals surface area contributed by atoms with E-state index in [1.807, 2.05) is 6.92 Å². The van der Waals surface area contributed by atoms with Gasteiger partial charge in [0.05, 0.1) is 0 Å². The average Bonchev–Trinajstić information content (AvgIpc) is 2.70. The first-order valence-corrected chi connectivity index (χ1v) is 13.9. The minimum absolute atomic E-state index is 0.293. The van der Waals surface area contributed by atoms with Gasteiger partial charge in [-0.3, -0.25) is 0 Å². The predicted octanol–water partition coefficient (Wildman–Crippen LogP) is 3.48. The molecule has 0 radical (unpaired) electrons. The van der Waals surface area contributed by atoms with Crippen molar-refractivity contribution < 1.29 is 5.11 Å². The molecule has 0 saturated carbocycles. The summed E-state index contributed by atoms with van der Waals surface area (Å²) >= 11 is -2.83. The standard InChI is InChI=1S/C24H26GeO/c1-21(26)13-11-12-20-25(22-14-5-2-6-15-22,23-16-7-3-8-17-23)24-18-9-4-10-19-24/h2-12,14-19,21,26H,13,20H2,1H3/b12-11-/t21-/m1/s1. The molecule has 1 N–H and O–H groups in total. The van der Waals surface area contributed by atoms with E-state index in [2.05, 4.69) is 103 Å². The van der Waals surface area contributed by atoms with Gasteiger partial charge in [0, 0.05) is 0 Å². The van der Waals surface area contributed by atoms with Crippen LogP contribution in [0, 0.1) is 0 Å². The Balaban J connectivity index is 2.16. The van der Waals surface area contributed by atoms with Crippen LogP contribution in [0.3, 0.4) is 0 Å². The van der Waals surface area contributed by atoms with Crippen LogP contribution in [0.5, 0.6) is 0 Å². The molecule has 0 aliphatic carbocycles. The van der Waals surface area contributed by atoms with Crippen molar-refractivity contribution in [2.75, 3.05) is 0 Å². The third-order valence-electron chi connectivity index (χ3n) is 4.87. The van der Waals surface area contributed by atoms with Gasteiger partial charge < -0.3 is 0 Å². The van der Waals surface area contributed by atoms with Gasteiger partial charge in [-0.25, -0.2) is 0 Å². The zero-order chi connectivity index (χ0) is 18.2. The second-order valence-electron chi connectivity index (χ2n) is 6.76. The summed E-state index contributed by atoms with van der Waals surface area (Å²) in [7, 11) is 0. The summed E-state index contributed by atoms with van der Waals surface area (Å²) in [5.74, 6) is 0. The van der Waals surface area contributed by atoms with E-state index in [0.29, 0.717) is 6.42 Å². The normalized spacial score (nSPS) is 13.0. The molecule has 0 spiro atoms. The van der Waals surface area contributed by atoms with Gasteiger partial charge >= 0.3 is 159 Å². The summed E-state index contributed by atoms with van der Waals surface area (Å²) in [5, 5.41) is 10.6. The van der Waals surface area contributed by atoms with Crippen LogP contribution in [0.25, 0.3) is 0 Å². The van der Waals surface area contributed by atoms with Crippen molar-refractivity contribution in [2.24, 2.45) is 0 Å². The Morgan fingerprint density at radius 1 is 0.692 bits per heavy atom. The summed E-state index contributed by atoms with van der Waals surface area (Å²) in [6, 6.07) is 33.0. The Labute approximate surface area is 159 Å². The van der Waals surface area contributed by atoms with Crippen molar-refractivity contribution in [3.8, 4) is 0 Å². The summed E-state index contributed by atoms with van der Waals surface area (Å²) in [4.78, 5) is 0. The van der Waals surface area contributed by atoms with Gasteiger partial charge in [-0.05, 0) is 0 Å². The van der Waals surface area contributed by atoms with Crippen molar-refractivity contribution >= 4 is 26.5 Å². The van der Waals surface area contributed by atoms with E-state index in [1.54, 1.807) is 0 Å². The van der Waals surface area contributed by atoms with Crippen LogP contribution < -0.4 is 13.2 Å². The van der Waals surface area contributed by atoms with Crippen LogP contribution in [0.15, 0.2) is 103 Å². The molecule has 2 heteroatoms. The number of hydrogen-bond acceptors (Lipinski definition) is 1. The van der Waals surface area contributed by atoms with E-state index < -0.39 is 13.3 Å². The molecule has 0 saturated heterocycles. The monoisotopic (exact) mass is 404 g/mol. The first-order valence-electron chi connectivity index (χ1n) is 9.23. The molecule has 132 valence electrons. The summed E-state index contributed by atoms with van der Waals surface area (Å²) in [6.07, 6.45) is 4.84. The van der Waals surface area contributed by atoms with Crippen LogP contribution in [0.1, 0.15) is 13.3 Å². The van der Waals surface area contributed by atoms with E-state index in [9.17, 15) is 5.11 Å². The molecule has 0 heterocycles. The second kappa shape index (κ2) is 9.02. The summed E-state index contributed by atoms with van der Waals surface area (Å²) in [5.41, 5.74) is 0. The molecule has 0 amide bonds. The van der Waals surface area contributed by atoms with Gasteiger partial charge in [-0.1, -0.05) is 0 Å². The first-order chi connectivity index (χ1) is 12.7. The third-order valence-corrected chi connectivity index (χ3v) is 14.9. The SMILES string of the molecule is C[C@@H](O)C/C=C\[CH2][Ge]([c]1ccccc1)([c]1ccccc1)[c]1ccccc1. The van der Waals surface area contributed by atoms with Crippen LogP contribution in [-0.4, -0.2) is 24.5 Å². The van der Waals surface area contributed by atoms with E-state index >= 15 is 0 Å². The van der Waals surface area contributed by atoms with E-state index in [-0.39, 0.29) is 6.10 Å². The molecular weight excluding hydrogens is 377 g/mol. The zero-order valence-corrected chi connectivity index (χ0v) is 17.4. The number of rotatable bonds is 7. The molecule has 0 bridgehead atoms. The van der Waals surface area contributed by atoms with Crippen LogP contribution in [-0.2, 0) is 0 Å². The Morgan fingerprint density at radius 2 is 1.08 bits per heavy atom. The molecular formula is C24H26GeO. The molecule has 0 fully saturated rings. The summed E-state index contributed by atoms with van der Waals surface area (Å²) < 4.78 is 4.39. The maximum absolute atomic E-state index is 9.60. The Hall–Kier alpha value is -2.10. The summed E-state index contributed by atoms with van der Waals surface area (Å²) in [6.45, 7) is 1.84. The second-order valence-corrected chi connectivity index (χ2v) is 15.1.